The molecule has 3 heterocycles. The zero-order valence-corrected chi connectivity index (χ0v) is 23.1. The molecule has 1 aliphatic heterocycles. The van der Waals surface area contributed by atoms with E-state index >= 15 is 0 Å². The number of aliphatic hydroxyl groups is 3. The zero-order chi connectivity index (χ0) is 29.8. The molecule has 1 saturated heterocycles. The van der Waals surface area contributed by atoms with Gasteiger partial charge in [0.2, 0.25) is 0 Å². The second-order valence-corrected chi connectivity index (χ2v) is 10.6. The smallest absolute Gasteiger partial charge is 0.394 e. The van der Waals surface area contributed by atoms with Gasteiger partial charge in [-0.25, -0.2) is 18.4 Å². The molecule has 0 aliphatic carbocycles. The molecule has 3 N–H and O–H groups in total. The standard InChI is InChI=1S/C25H20BrClF5N5O4/c1-10-34-24(37(35-10)16-6-12(26)2-4-14(16)25(30,31)32)23-22(40)20(21(39)17(9-38)41-23)36-8-11(7-33-36)13-3-5-15(27)19(29)18(13)28/h2-8,17,20-23,38-40H,9H2,1H3/t17-,20+,21+,22-,23-/m1/s1. The minimum Gasteiger partial charge on any atom is -0.394 e. The Balaban J connectivity index is 1.59. The quantitative estimate of drug-likeness (QED) is 0.212. The highest BCUT2D eigenvalue weighted by Crippen LogP contribution is 2.41. The Bertz CT molecular complexity index is 1600. The average molecular weight is 665 g/mol. The van der Waals surface area contributed by atoms with Crippen LogP contribution < -0.4 is 0 Å². The van der Waals surface area contributed by atoms with Crippen LogP contribution in [0.1, 0.15) is 29.4 Å². The van der Waals surface area contributed by atoms with Gasteiger partial charge in [-0.15, -0.1) is 0 Å². The third-order valence-electron chi connectivity index (χ3n) is 6.63. The Hall–Kier alpha value is -2.95. The molecule has 0 unspecified atom stereocenters. The first-order chi connectivity index (χ1) is 19.3. The Morgan fingerprint density at radius 3 is 2.51 bits per heavy atom. The van der Waals surface area contributed by atoms with Gasteiger partial charge in [0.25, 0.3) is 0 Å². The van der Waals surface area contributed by atoms with E-state index in [0.29, 0.717) is 4.47 Å². The normalized spacial score (nSPS) is 23.2. The molecule has 218 valence electrons. The predicted molar refractivity (Wildman–Crippen MR) is 137 cm³/mol. The SMILES string of the molecule is Cc1nc([C@@H]2O[C@H](CO)[C@H](O)[C@H](n3cc(-c4ccc(Cl)c(F)c4F)cn3)[C@H]2O)n(-c2cc(Br)ccc2C(F)(F)F)n1. The highest BCUT2D eigenvalue weighted by atomic mass is 79.9. The van der Waals surface area contributed by atoms with Crippen LogP contribution in [0.25, 0.3) is 16.8 Å². The van der Waals surface area contributed by atoms with Crippen molar-refractivity contribution in [3.05, 3.63) is 81.1 Å². The summed E-state index contributed by atoms with van der Waals surface area (Å²) in [5.74, 6) is -2.71. The summed E-state index contributed by atoms with van der Waals surface area (Å²) in [5, 5.41) is 40.1. The summed E-state index contributed by atoms with van der Waals surface area (Å²) >= 11 is 8.79. The van der Waals surface area contributed by atoms with Crippen molar-refractivity contribution in [1.82, 2.24) is 24.5 Å². The average Bonchev–Trinajstić information content (AvgIpc) is 3.54. The molecule has 5 atom stereocenters. The molecule has 16 heteroatoms. The number of alkyl halides is 3. The molecule has 1 aliphatic rings. The van der Waals surface area contributed by atoms with Crippen LogP contribution in [0.4, 0.5) is 22.0 Å². The minimum atomic E-state index is -4.77. The maximum absolute atomic E-state index is 14.6. The number of halogens is 7. The molecule has 4 aromatic rings. The molecule has 0 radical (unpaired) electrons. The molecule has 41 heavy (non-hydrogen) atoms. The fourth-order valence-electron chi connectivity index (χ4n) is 4.73. The molecule has 1 fully saturated rings. The second-order valence-electron chi connectivity index (χ2n) is 9.27. The number of hydrogen-bond donors (Lipinski definition) is 3. The van der Waals surface area contributed by atoms with Crippen LogP contribution in [0.2, 0.25) is 5.02 Å². The van der Waals surface area contributed by atoms with E-state index in [1.54, 1.807) is 0 Å². The summed E-state index contributed by atoms with van der Waals surface area (Å²) in [6.45, 7) is 0.680. The number of aryl methyl sites for hydroxylation is 1. The molecule has 0 amide bonds. The van der Waals surface area contributed by atoms with Crippen LogP contribution in [-0.4, -0.2) is 64.8 Å². The fraction of sp³-hybridized carbons (Fsp3) is 0.320. The van der Waals surface area contributed by atoms with Crippen molar-refractivity contribution in [3.63, 3.8) is 0 Å². The molecule has 9 nitrogen and oxygen atoms in total. The van der Waals surface area contributed by atoms with E-state index in [0.717, 1.165) is 27.7 Å². The van der Waals surface area contributed by atoms with E-state index in [4.69, 9.17) is 16.3 Å². The number of nitrogens with zero attached hydrogens (tertiary/aromatic N) is 5. The summed E-state index contributed by atoms with van der Waals surface area (Å²) in [5.41, 5.74) is -1.58. The maximum atomic E-state index is 14.6. The van der Waals surface area contributed by atoms with Crippen molar-refractivity contribution < 1.29 is 42.0 Å². The van der Waals surface area contributed by atoms with Gasteiger partial charge < -0.3 is 20.1 Å². The van der Waals surface area contributed by atoms with Crippen molar-refractivity contribution in [1.29, 1.82) is 0 Å². The number of rotatable bonds is 5. The highest BCUT2D eigenvalue weighted by Gasteiger charge is 2.48. The number of aliphatic hydroxyl groups excluding tert-OH is 3. The van der Waals surface area contributed by atoms with Gasteiger partial charge in [0, 0.05) is 21.8 Å². The lowest BCUT2D eigenvalue weighted by molar-refractivity contribution is -0.210. The van der Waals surface area contributed by atoms with Crippen molar-refractivity contribution in [2.75, 3.05) is 6.61 Å². The molecule has 5 rings (SSSR count). The van der Waals surface area contributed by atoms with Crippen LogP contribution in [0, 0.1) is 18.6 Å². The highest BCUT2D eigenvalue weighted by molar-refractivity contribution is 9.10. The van der Waals surface area contributed by atoms with Crippen molar-refractivity contribution >= 4 is 27.5 Å². The van der Waals surface area contributed by atoms with Gasteiger partial charge >= 0.3 is 6.18 Å². The summed E-state index contributed by atoms with van der Waals surface area (Å²) in [4.78, 5) is 4.21. The van der Waals surface area contributed by atoms with Crippen LogP contribution in [-0.2, 0) is 10.9 Å². The zero-order valence-electron chi connectivity index (χ0n) is 20.8. The van der Waals surface area contributed by atoms with Crippen LogP contribution >= 0.6 is 27.5 Å². The van der Waals surface area contributed by atoms with E-state index < -0.39 is 71.1 Å². The van der Waals surface area contributed by atoms with Crippen molar-refractivity contribution in [2.45, 2.75) is 43.6 Å². The Morgan fingerprint density at radius 2 is 1.83 bits per heavy atom. The van der Waals surface area contributed by atoms with Crippen LogP contribution in [0.3, 0.4) is 0 Å². The van der Waals surface area contributed by atoms with Gasteiger partial charge in [-0.3, -0.25) is 4.68 Å². The molecule has 0 bridgehead atoms. The molecular weight excluding hydrogens is 645 g/mol. The number of ether oxygens (including phenoxy) is 1. The topological polar surface area (TPSA) is 118 Å². The lowest BCUT2D eigenvalue weighted by atomic mass is 9.92. The third kappa shape index (κ3) is 5.37. The molecular formula is C25H20BrClF5N5O4. The first-order valence-corrected chi connectivity index (χ1v) is 13.1. The maximum Gasteiger partial charge on any atom is 0.418 e. The van der Waals surface area contributed by atoms with Gasteiger partial charge in [0.1, 0.15) is 36.3 Å². The van der Waals surface area contributed by atoms with Gasteiger partial charge in [0.05, 0.1) is 29.1 Å². The Kier molecular flexibility index (Phi) is 7.95. The van der Waals surface area contributed by atoms with Crippen LogP contribution in [0.15, 0.2) is 47.2 Å². The molecule has 2 aromatic carbocycles. The third-order valence-corrected chi connectivity index (χ3v) is 7.42. The first kappa shape index (κ1) is 29.5. The number of hydrogen-bond acceptors (Lipinski definition) is 7. The summed E-state index contributed by atoms with van der Waals surface area (Å²) in [6.07, 6.45) is -8.54. The summed E-state index contributed by atoms with van der Waals surface area (Å²) < 4.78 is 78.3. The largest absolute Gasteiger partial charge is 0.418 e. The first-order valence-electron chi connectivity index (χ1n) is 11.9. The van der Waals surface area contributed by atoms with Crippen molar-refractivity contribution in [3.8, 4) is 16.8 Å². The van der Waals surface area contributed by atoms with Crippen LogP contribution in [0.5, 0.6) is 0 Å². The van der Waals surface area contributed by atoms with E-state index in [1.165, 1.54) is 31.3 Å². The Labute approximate surface area is 241 Å². The predicted octanol–water partition coefficient (Wildman–Crippen LogP) is 4.55. The number of benzene rings is 2. The minimum absolute atomic E-state index is 0.0498. The van der Waals surface area contributed by atoms with E-state index in [-0.39, 0.29) is 22.8 Å². The Morgan fingerprint density at radius 1 is 1.10 bits per heavy atom. The molecule has 0 spiro atoms. The lowest BCUT2D eigenvalue weighted by Crippen LogP contribution is -2.53. The number of aromatic nitrogens is 5. The van der Waals surface area contributed by atoms with Gasteiger partial charge in [-0.1, -0.05) is 27.5 Å². The van der Waals surface area contributed by atoms with E-state index in [2.05, 4.69) is 31.1 Å². The second kappa shape index (κ2) is 11.0. The molecule has 0 saturated carbocycles. The fourth-order valence-corrected chi connectivity index (χ4v) is 5.22. The molecule has 2 aromatic heterocycles. The summed E-state index contributed by atoms with van der Waals surface area (Å²) in [6, 6.07) is 4.24. The summed E-state index contributed by atoms with van der Waals surface area (Å²) in [7, 11) is 0. The van der Waals surface area contributed by atoms with E-state index in [1.807, 2.05) is 0 Å². The van der Waals surface area contributed by atoms with Gasteiger partial charge in [0.15, 0.2) is 17.5 Å². The van der Waals surface area contributed by atoms with E-state index in [9.17, 15) is 37.3 Å². The lowest BCUT2D eigenvalue weighted by Gasteiger charge is -2.42. The van der Waals surface area contributed by atoms with Gasteiger partial charge in [-0.05, 0) is 37.3 Å². The van der Waals surface area contributed by atoms with Gasteiger partial charge in [-0.2, -0.15) is 23.4 Å². The van der Waals surface area contributed by atoms with Crippen molar-refractivity contribution in [2.24, 2.45) is 0 Å². The monoisotopic (exact) mass is 663 g/mol.